The molecule has 0 aliphatic heterocycles. The van der Waals surface area contributed by atoms with Gasteiger partial charge in [0.15, 0.2) is 0 Å². The zero-order chi connectivity index (χ0) is 12.4. The molecule has 0 aliphatic rings. The smallest absolute Gasteiger partial charge is 0.322 e. The Morgan fingerprint density at radius 3 is 2.89 bits per heavy atom. The largest absolute Gasteiger partial charge is 0.468 e. The van der Waals surface area contributed by atoms with Crippen molar-refractivity contribution >= 4 is 35.0 Å². The van der Waals surface area contributed by atoms with Crippen LogP contribution in [0.1, 0.15) is 5.56 Å². The lowest BCUT2D eigenvalue weighted by atomic mass is 10.1. The summed E-state index contributed by atoms with van der Waals surface area (Å²) < 4.78 is 4.60. The third kappa shape index (κ3) is 2.75. The highest BCUT2D eigenvalue weighted by Gasteiger charge is 2.16. The van der Waals surface area contributed by atoms with Gasteiger partial charge >= 0.3 is 5.97 Å². The average Bonchev–Trinajstić information content (AvgIpc) is 2.70. The number of H-pyrrole nitrogens is 1. The van der Waals surface area contributed by atoms with Gasteiger partial charge in [-0.2, -0.15) is 0 Å². The van der Waals surface area contributed by atoms with Gasteiger partial charge in [-0.15, -0.1) is 12.4 Å². The Hall–Kier alpha value is -1.72. The van der Waals surface area contributed by atoms with E-state index in [1.54, 1.807) is 0 Å². The highest BCUT2D eigenvalue weighted by Crippen LogP contribution is 2.21. The van der Waals surface area contributed by atoms with Crippen molar-refractivity contribution in [3.63, 3.8) is 0 Å². The maximum atomic E-state index is 11.3. The van der Waals surface area contributed by atoms with Crippen LogP contribution in [0.25, 0.3) is 10.9 Å². The lowest BCUT2D eigenvalue weighted by molar-refractivity contribution is -0.142. The SMILES string of the molecule is COC(=O)C(N)Cc1c[nH]c2cc(N)ccc12.Cl. The Bertz CT molecular complexity index is 553. The molecule has 0 bridgehead atoms. The Balaban J connectivity index is 0.00000162. The number of nitrogens with one attached hydrogen (secondary N) is 1. The molecule has 0 aliphatic carbocycles. The van der Waals surface area contributed by atoms with Crippen molar-refractivity contribution in [2.75, 3.05) is 12.8 Å². The van der Waals surface area contributed by atoms with E-state index in [0.29, 0.717) is 12.1 Å². The Kier molecular flexibility index (Phi) is 4.58. The van der Waals surface area contributed by atoms with Crippen LogP contribution >= 0.6 is 12.4 Å². The van der Waals surface area contributed by atoms with Crippen molar-refractivity contribution < 1.29 is 9.53 Å². The van der Waals surface area contributed by atoms with Gasteiger partial charge in [0.1, 0.15) is 6.04 Å². The van der Waals surface area contributed by atoms with Gasteiger partial charge in [0.2, 0.25) is 0 Å². The molecular weight excluding hydrogens is 254 g/mol. The molecule has 2 aromatic rings. The fourth-order valence-electron chi connectivity index (χ4n) is 1.84. The number of hydrogen-bond acceptors (Lipinski definition) is 4. The van der Waals surface area contributed by atoms with Crippen LogP contribution in [-0.4, -0.2) is 24.1 Å². The molecule has 0 fully saturated rings. The zero-order valence-corrected chi connectivity index (χ0v) is 10.8. The Morgan fingerprint density at radius 2 is 2.22 bits per heavy atom. The highest BCUT2D eigenvalue weighted by molar-refractivity contribution is 5.86. The maximum Gasteiger partial charge on any atom is 0.322 e. The van der Waals surface area contributed by atoms with Crippen molar-refractivity contribution in [2.24, 2.45) is 5.73 Å². The molecule has 0 amide bonds. The van der Waals surface area contributed by atoms with Crippen molar-refractivity contribution in [2.45, 2.75) is 12.5 Å². The standard InChI is InChI=1S/C12H15N3O2.ClH/c1-17-12(16)10(14)4-7-6-15-11-5-8(13)2-3-9(7)11;/h2-3,5-6,10,15H,4,13-14H2,1H3;1H. The number of hydrogen-bond donors (Lipinski definition) is 3. The first-order chi connectivity index (χ1) is 8.11. The summed E-state index contributed by atoms with van der Waals surface area (Å²) >= 11 is 0. The number of aromatic nitrogens is 1. The molecule has 0 spiro atoms. The van der Waals surface area contributed by atoms with Gasteiger partial charge < -0.3 is 21.2 Å². The lowest BCUT2D eigenvalue weighted by Gasteiger charge is -2.08. The first-order valence-electron chi connectivity index (χ1n) is 5.30. The minimum Gasteiger partial charge on any atom is -0.468 e. The fraction of sp³-hybridized carbons (Fsp3) is 0.250. The molecular formula is C12H16ClN3O2. The molecule has 0 saturated heterocycles. The third-order valence-electron chi connectivity index (χ3n) is 2.74. The van der Waals surface area contributed by atoms with Gasteiger partial charge in [0.25, 0.3) is 0 Å². The molecule has 5 N–H and O–H groups in total. The number of benzene rings is 1. The second kappa shape index (κ2) is 5.75. The summed E-state index contributed by atoms with van der Waals surface area (Å²) in [5.41, 5.74) is 14.0. The number of nitrogen functional groups attached to an aromatic ring is 1. The summed E-state index contributed by atoms with van der Waals surface area (Å²) in [7, 11) is 1.33. The minimum atomic E-state index is -0.642. The molecule has 2 rings (SSSR count). The predicted molar refractivity (Wildman–Crippen MR) is 73.7 cm³/mol. The second-order valence-electron chi connectivity index (χ2n) is 3.95. The summed E-state index contributed by atoms with van der Waals surface area (Å²) in [6.07, 6.45) is 2.28. The van der Waals surface area contributed by atoms with Gasteiger partial charge in [-0.3, -0.25) is 4.79 Å². The van der Waals surface area contributed by atoms with Crippen LogP contribution in [0, 0.1) is 0 Å². The van der Waals surface area contributed by atoms with Crippen LogP contribution in [0.5, 0.6) is 0 Å². The quantitative estimate of drug-likeness (QED) is 0.577. The van der Waals surface area contributed by atoms with Gasteiger partial charge in [-0.05, 0) is 17.7 Å². The van der Waals surface area contributed by atoms with Crippen LogP contribution in [0.4, 0.5) is 5.69 Å². The van der Waals surface area contributed by atoms with E-state index >= 15 is 0 Å². The molecule has 6 heteroatoms. The van der Waals surface area contributed by atoms with Gasteiger partial charge in [-0.25, -0.2) is 0 Å². The van der Waals surface area contributed by atoms with E-state index in [1.165, 1.54) is 7.11 Å². The van der Waals surface area contributed by atoms with E-state index in [4.69, 9.17) is 11.5 Å². The van der Waals surface area contributed by atoms with Crippen molar-refractivity contribution in [3.05, 3.63) is 30.0 Å². The molecule has 0 saturated carbocycles. The molecule has 1 aromatic heterocycles. The molecule has 18 heavy (non-hydrogen) atoms. The monoisotopic (exact) mass is 269 g/mol. The number of ether oxygens (including phenoxy) is 1. The number of methoxy groups -OCH3 is 1. The van der Waals surface area contributed by atoms with Crippen LogP contribution in [-0.2, 0) is 16.0 Å². The normalized spacial score (nSPS) is 11.9. The van der Waals surface area contributed by atoms with Gasteiger partial charge in [0, 0.05) is 29.2 Å². The van der Waals surface area contributed by atoms with Crippen molar-refractivity contribution in [3.8, 4) is 0 Å². The van der Waals surface area contributed by atoms with Crippen LogP contribution in [0.3, 0.4) is 0 Å². The predicted octanol–water partition coefficient (Wildman–Crippen LogP) is 1.21. The second-order valence-corrected chi connectivity index (χ2v) is 3.95. The topological polar surface area (TPSA) is 94.1 Å². The number of rotatable bonds is 3. The van der Waals surface area contributed by atoms with Crippen LogP contribution in [0.2, 0.25) is 0 Å². The molecule has 1 aromatic carbocycles. The number of carbonyl (C=O) groups is 1. The average molecular weight is 270 g/mol. The number of esters is 1. The van der Waals surface area contributed by atoms with Crippen molar-refractivity contribution in [1.29, 1.82) is 0 Å². The molecule has 5 nitrogen and oxygen atoms in total. The zero-order valence-electron chi connectivity index (χ0n) is 9.97. The highest BCUT2D eigenvalue weighted by atomic mass is 35.5. The van der Waals surface area contributed by atoms with Gasteiger partial charge in [-0.1, -0.05) is 6.07 Å². The van der Waals surface area contributed by atoms with E-state index < -0.39 is 12.0 Å². The summed E-state index contributed by atoms with van der Waals surface area (Å²) in [4.78, 5) is 14.4. The summed E-state index contributed by atoms with van der Waals surface area (Å²) in [6, 6.07) is 4.95. The summed E-state index contributed by atoms with van der Waals surface area (Å²) in [6.45, 7) is 0. The Morgan fingerprint density at radius 1 is 1.50 bits per heavy atom. The summed E-state index contributed by atoms with van der Waals surface area (Å²) in [5, 5.41) is 1.03. The van der Waals surface area contributed by atoms with Crippen LogP contribution in [0.15, 0.2) is 24.4 Å². The molecule has 0 radical (unpaired) electrons. The van der Waals surface area contributed by atoms with E-state index in [2.05, 4.69) is 9.72 Å². The van der Waals surface area contributed by atoms with E-state index in [-0.39, 0.29) is 12.4 Å². The molecule has 1 heterocycles. The molecule has 1 atom stereocenters. The molecule has 98 valence electrons. The number of nitrogens with two attached hydrogens (primary N) is 2. The number of aromatic amines is 1. The third-order valence-corrected chi connectivity index (χ3v) is 2.74. The Labute approximate surface area is 111 Å². The van der Waals surface area contributed by atoms with Crippen molar-refractivity contribution in [1.82, 2.24) is 4.98 Å². The number of carbonyl (C=O) groups excluding carboxylic acids is 1. The summed E-state index contributed by atoms with van der Waals surface area (Å²) in [5.74, 6) is -0.408. The first kappa shape index (κ1) is 14.3. The van der Waals surface area contributed by atoms with Gasteiger partial charge in [0.05, 0.1) is 7.11 Å². The first-order valence-corrected chi connectivity index (χ1v) is 5.30. The maximum absolute atomic E-state index is 11.3. The van der Waals surface area contributed by atoms with E-state index in [9.17, 15) is 4.79 Å². The molecule has 1 unspecified atom stereocenters. The van der Waals surface area contributed by atoms with E-state index in [1.807, 2.05) is 24.4 Å². The van der Waals surface area contributed by atoms with E-state index in [0.717, 1.165) is 16.5 Å². The fourth-order valence-corrected chi connectivity index (χ4v) is 1.84. The lowest BCUT2D eigenvalue weighted by Crippen LogP contribution is -2.33. The number of fused-ring (bicyclic) bond motifs is 1. The minimum absolute atomic E-state index is 0. The number of halogens is 1. The number of anilines is 1. The van der Waals surface area contributed by atoms with Crippen LogP contribution < -0.4 is 11.5 Å².